The maximum absolute atomic E-state index is 12.9. The normalized spacial score (nSPS) is 11.0. The Labute approximate surface area is 256 Å². The Morgan fingerprint density at radius 3 is 1.22 bits per heavy atom. The van der Waals surface area contributed by atoms with Gasteiger partial charge in [0, 0.05) is 19.5 Å². The zero-order chi connectivity index (χ0) is 30.7. The number of amides is 1. The van der Waals surface area contributed by atoms with Gasteiger partial charge >= 0.3 is 5.97 Å². The van der Waals surface area contributed by atoms with Crippen LogP contribution in [-0.2, 0) is 9.59 Å². The summed E-state index contributed by atoms with van der Waals surface area (Å²) < 4.78 is 0. The molecule has 0 aromatic rings. The Morgan fingerprint density at radius 2 is 0.854 bits per heavy atom. The van der Waals surface area contributed by atoms with E-state index >= 15 is 0 Å². The van der Waals surface area contributed by atoms with Crippen molar-refractivity contribution in [1.82, 2.24) is 4.90 Å². The first kappa shape index (κ1) is 41.8. The maximum atomic E-state index is 12.9. The second-order valence-corrected chi connectivity index (χ2v) is 11.8. The highest BCUT2D eigenvalue weighted by Crippen LogP contribution is 2.13. The largest absolute Gasteiger partial charge is 0.480 e. The molecule has 0 aliphatic heterocycles. The summed E-state index contributed by atoms with van der Waals surface area (Å²) in [6, 6.07) is 0. The molecule has 5 heteroatoms. The van der Waals surface area contributed by atoms with E-state index in [1.165, 1.54) is 154 Å². The van der Waals surface area contributed by atoms with Gasteiger partial charge < -0.3 is 15.7 Å². The molecule has 0 aliphatic carbocycles. The summed E-state index contributed by atoms with van der Waals surface area (Å²) in [4.78, 5) is 24.4. The lowest BCUT2D eigenvalue weighted by atomic mass is 10.1. The highest BCUT2D eigenvalue weighted by molar-refractivity contribution is 5.76. The summed E-state index contributed by atoms with van der Waals surface area (Å²) in [5.74, 6) is -0.542. The summed E-state index contributed by atoms with van der Waals surface area (Å²) >= 11 is 0. The lowest BCUT2D eigenvalue weighted by Gasteiger charge is -2.23. The third kappa shape index (κ3) is 36.6. The van der Waals surface area contributed by atoms with E-state index < -0.39 is 5.97 Å². The van der Waals surface area contributed by atoms with Gasteiger partial charge in [0.1, 0.15) is 0 Å². The summed E-state index contributed by atoms with van der Waals surface area (Å²) in [5.41, 5.74) is 4.57. The van der Waals surface area contributed by atoms with Gasteiger partial charge in [-0.2, -0.15) is 0 Å². The number of nitrogens with two attached hydrogens (primary N) is 1. The first-order valence-corrected chi connectivity index (χ1v) is 17.9. The Balaban J connectivity index is 0. The molecule has 3 N–H and O–H groups in total. The SMILES string of the molecule is CCCCCCCC/C=C\CCCCCCCC(=O)N(CCCCCCCC)CCCCCCCC.NCC(=O)O. The fourth-order valence-corrected chi connectivity index (χ4v) is 5.03. The van der Waals surface area contributed by atoms with Crippen molar-refractivity contribution in [3.05, 3.63) is 12.2 Å². The third-order valence-electron chi connectivity index (χ3n) is 7.74. The second kappa shape index (κ2) is 36.7. The van der Waals surface area contributed by atoms with Crippen molar-refractivity contribution in [2.75, 3.05) is 19.6 Å². The second-order valence-electron chi connectivity index (χ2n) is 11.8. The molecule has 244 valence electrons. The topological polar surface area (TPSA) is 83.6 Å². The average Bonchev–Trinajstić information content (AvgIpc) is 2.97. The van der Waals surface area contributed by atoms with Crippen molar-refractivity contribution in [2.45, 2.75) is 188 Å². The third-order valence-corrected chi connectivity index (χ3v) is 7.74. The fourth-order valence-electron chi connectivity index (χ4n) is 5.03. The number of unbranched alkanes of at least 4 members (excludes halogenated alkanes) is 21. The van der Waals surface area contributed by atoms with Crippen LogP contribution < -0.4 is 5.73 Å². The molecule has 0 unspecified atom stereocenters. The molecule has 0 aromatic carbocycles. The van der Waals surface area contributed by atoms with Gasteiger partial charge in [0.25, 0.3) is 0 Å². The quantitative estimate of drug-likeness (QED) is 0.0654. The van der Waals surface area contributed by atoms with E-state index in [-0.39, 0.29) is 6.54 Å². The first-order valence-electron chi connectivity index (χ1n) is 17.9. The average molecular weight is 581 g/mol. The van der Waals surface area contributed by atoms with E-state index in [0.717, 1.165) is 25.9 Å². The predicted molar refractivity (Wildman–Crippen MR) is 179 cm³/mol. The molecule has 0 radical (unpaired) electrons. The molecule has 0 fully saturated rings. The van der Waals surface area contributed by atoms with Gasteiger partial charge in [-0.1, -0.05) is 148 Å². The molecule has 0 aromatic heterocycles. The monoisotopic (exact) mass is 581 g/mol. The summed E-state index contributed by atoms with van der Waals surface area (Å²) in [6.45, 7) is 8.54. The first-order chi connectivity index (χ1) is 20.0. The highest BCUT2D eigenvalue weighted by atomic mass is 16.4. The van der Waals surface area contributed by atoms with E-state index in [2.05, 4.69) is 43.6 Å². The Kier molecular flexibility index (Phi) is 37.4. The zero-order valence-electron chi connectivity index (χ0n) is 27.9. The lowest BCUT2D eigenvalue weighted by molar-refractivity contribution is -0.135. The molecule has 5 nitrogen and oxygen atoms in total. The van der Waals surface area contributed by atoms with Crippen LogP contribution in [0.3, 0.4) is 0 Å². The van der Waals surface area contributed by atoms with Crippen LogP contribution in [0.1, 0.15) is 188 Å². The Bertz CT molecular complexity index is 549. The van der Waals surface area contributed by atoms with Crippen LogP contribution in [-0.4, -0.2) is 41.5 Å². The fraction of sp³-hybridized carbons (Fsp3) is 0.889. The van der Waals surface area contributed by atoms with E-state index in [4.69, 9.17) is 5.11 Å². The number of allylic oxidation sites excluding steroid dienone is 2. The van der Waals surface area contributed by atoms with Crippen molar-refractivity contribution < 1.29 is 14.7 Å². The van der Waals surface area contributed by atoms with Gasteiger partial charge in [0.05, 0.1) is 6.54 Å². The molecule has 0 aliphatic rings. The Hall–Kier alpha value is -1.36. The predicted octanol–water partition coefficient (Wildman–Crippen LogP) is 10.6. The molecule has 0 spiro atoms. The number of carboxylic acids is 1. The van der Waals surface area contributed by atoms with Gasteiger partial charge in [-0.3, -0.25) is 9.59 Å². The molecular formula is C36H72N2O3. The smallest absolute Gasteiger partial charge is 0.317 e. The van der Waals surface area contributed by atoms with Gasteiger partial charge in [0.15, 0.2) is 0 Å². The number of nitrogens with zero attached hydrogens (tertiary/aromatic N) is 1. The van der Waals surface area contributed by atoms with Crippen LogP contribution in [0.2, 0.25) is 0 Å². The van der Waals surface area contributed by atoms with Crippen LogP contribution >= 0.6 is 0 Å². The van der Waals surface area contributed by atoms with Gasteiger partial charge in [-0.25, -0.2) is 0 Å². The summed E-state index contributed by atoms with van der Waals surface area (Å²) in [5, 5.41) is 7.60. The van der Waals surface area contributed by atoms with Crippen LogP contribution in [0.15, 0.2) is 12.2 Å². The highest BCUT2D eigenvalue weighted by Gasteiger charge is 2.12. The molecular weight excluding hydrogens is 508 g/mol. The standard InChI is InChI=1S/C34H67NO.C2H5NO2/c1-4-7-10-13-16-17-18-19-20-21-22-23-24-25-28-31-34(36)35(32-29-26-14-11-8-5-2)33-30-27-15-12-9-6-3;3-1-2(4)5/h19-20H,4-18,21-33H2,1-3H3;1,3H2,(H,4,5)/b20-19-;. The molecule has 0 bridgehead atoms. The number of carbonyl (C=O) groups excluding carboxylic acids is 1. The van der Waals surface area contributed by atoms with Gasteiger partial charge in [-0.15, -0.1) is 0 Å². The van der Waals surface area contributed by atoms with Crippen LogP contribution in [0.5, 0.6) is 0 Å². The van der Waals surface area contributed by atoms with Crippen molar-refractivity contribution in [3.8, 4) is 0 Å². The molecule has 0 atom stereocenters. The number of carboxylic acid groups (broad SMARTS) is 1. The van der Waals surface area contributed by atoms with Crippen LogP contribution in [0.25, 0.3) is 0 Å². The van der Waals surface area contributed by atoms with E-state index in [1.807, 2.05) is 0 Å². The minimum absolute atomic E-state index is 0.278. The van der Waals surface area contributed by atoms with E-state index in [1.54, 1.807) is 0 Å². The van der Waals surface area contributed by atoms with E-state index in [9.17, 15) is 9.59 Å². The summed E-state index contributed by atoms with van der Waals surface area (Å²) in [6.07, 6.45) is 38.3. The lowest BCUT2D eigenvalue weighted by Crippen LogP contribution is -2.32. The molecule has 1 amide bonds. The molecule has 0 rings (SSSR count). The zero-order valence-corrected chi connectivity index (χ0v) is 27.9. The minimum atomic E-state index is -0.968. The molecule has 41 heavy (non-hydrogen) atoms. The molecule has 0 saturated heterocycles. The Morgan fingerprint density at radius 1 is 0.537 bits per heavy atom. The number of rotatable bonds is 30. The summed E-state index contributed by atoms with van der Waals surface area (Å²) in [7, 11) is 0. The van der Waals surface area contributed by atoms with Crippen LogP contribution in [0.4, 0.5) is 0 Å². The molecule has 0 saturated carbocycles. The van der Waals surface area contributed by atoms with Crippen molar-refractivity contribution in [1.29, 1.82) is 0 Å². The number of carbonyl (C=O) groups is 2. The van der Waals surface area contributed by atoms with E-state index in [0.29, 0.717) is 5.91 Å². The minimum Gasteiger partial charge on any atom is -0.480 e. The van der Waals surface area contributed by atoms with Crippen molar-refractivity contribution in [3.63, 3.8) is 0 Å². The van der Waals surface area contributed by atoms with Crippen molar-refractivity contribution in [2.24, 2.45) is 5.73 Å². The number of aliphatic carboxylic acids is 1. The van der Waals surface area contributed by atoms with Crippen molar-refractivity contribution >= 4 is 11.9 Å². The van der Waals surface area contributed by atoms with Gasteiger partial charge in [0.2, 0.25) is 5.91 Å². The molecule has 0 heterocycles. The van der Waals surface area contributed by atoms with Crippen LogP contribution in [0, 0.1) is 0 Å². The number of hydrogen-bond acceptors (Lipinski definition) is 3. The number of hydrogen-bond donors (Lipinski definition) is 2. The maximum Gasteiger partial charge on any atom is 0.317 e. The van der Waals surface area contributed by atoms with Gasteiger partial charge in [-0.05, 0) is 44.9 Å².